The van der Waals surface area contributed by atoms with Gasteiger partial charge in [0.25, 0.3) is 0 Å². The van der Waals surface area contributed by atoms with Crippen LogP contribution in [-0.2, 0) is 4.79 Å². The molecular weight excluding hydrogens is 345 g/mol. The van der Waals surface area contributed by atoms with Gasteiger partial charge in [-0.05, 0) is 41.1 Å². The quantitative estimate of drug-likeness (QED) is 0.637. The molecular formula is C12H16IN3O2. The van der Waals surface area contributed by atoms with E-state index in [1.807, 2.05) is 17.9 Å². The monoisotopic (exact) mass is 361 g/mol. The highest BCUT2D eigenvalue weighted by atomic mass is 127. The fourth-order valence-electron chi connectivity index (χ4n) is 1.77. The van der Waals surface area contributed by atoms with Crippen molar-refractivity contribution < 1.29 is 9.53 Å². The van der Waals surface area contributed by atoms with Gasteiger partial charge in [0.15, 0.2) is 0 Å². The fourth-order valence-corrected chi connectivity index (χ4v) is 2.06. The number of hydrogen-bond donors (Lipinski definition) is 1. The lowest BCUT2D eigenvalue weighted by atomic mass is 10.3. The highest BCUT2D eigenvalue weighted by molar-refractivity contribution is 14.1. The number of nitrogens with zero attached hydrogens (tertiary/aromatic N) is 2. The van der Waals surface area contributed by atoms with E-state index in [-0.39, 0.29) is 5.91 Å². The molecule has 6 heteroatoms. The Kier molecular flexibility index (Phi) is 4.76. The van der Waals surface area contributed by atoms with Gasteiger partial charge in [-0.3, -0.25) is 4.79 Å². The lowest BCUT2D eigenvalue weighted by molar-refractivity contribution is -0.132. The summed E-state index contributed by atoms with van der Waals surface area (Å²) in [5.74, 6) is 0.900. The average Bonchev–Trinajstić information content (AvgIpc) is 2.36. The van der Waals surface area contributed by atoms with Crippen LogP contribution in [0.15, 0.2) is 12.3 Å². The molecule has 1 aliphatic heterocycles. The SMILES string of the molecule is Cc1cc(OCCN2CCNCC2=O)cnc1I. The van der Waals surface area contributed by atoms with Gasteiger partial charge < -0.3 is 15.0 Å². The van der Waals surface area contributed by atoms with Crippen LogP contribution in [0.4, 0.5) is 0 Å². The number of amides is 1. The average molecular weight is 361 g/mol. The highest BCUT2D eigenvalue weighted by Gasteiger charge is 2.16. The van der Waals surface area contributed by atoms with Crippen molar-refractivity contribution in [1.82, 2.24) is 15.2 Å². The first-order valence-corrected chi connectivity index (χ1v) is 6.98. The zero-order chi connectivity index (χ0) is 13.0. The Morgan fingerprint density at radius 1 is 1.61 bits per heavy atom. The van der Waals surface area contributed by atoms with Crippen LogP contribution in [0.2, 0.25) is 0 Å². The molecule has 0 saturated carbocycles. The molecule has 1 aromatic heterocycles. The lowest BCUT2D eigenvalue weighted by Gasteiger charge is -2.27. The van der Waals surface area contributed by atoms with E-state index < -0.39 is 0 Å². The number of aromatic nitrogens is 1. The number of nitrogens with one attached hydrogen (secondary N) is 1. The number of halogens is 1. The summed E-state index contributed by atoms with van der Waals surface area (Å²) in [6, 6.07) is 1.97. The molecule has 18 heavy (non-hydrogen) atoms. The molecule has 0 bridgehead atoms. The number of ether oxygens (including phenoxy) is 1. The Bertz CT molecular complexity index is 439. The van der Waals surface area contributed by atoms with E-state index in [2.05, 4.69) is 32.9 Å². The Hall–Kier alpha value is -0.890. The number of aryl methyl sites for hydroxylation is 1. The maximum Gasteiger partial charge on any atom is 0.236 e. The molecule has 1 aliphatic rings. The van der Waals surface area contributed by atoms with E-state index in [4.69, 9.17) is 4.74 Å². The summed E-state index contributed by atoms with van der Waals surface area (Å²) in [6.45, 7) is 5.19. The minimum atomic E-state index is 0.141. The van der Waals surface area contributed by atoms with Gasteiger partial charge in [-0.15, -0.1) is 0 Å². The Labute approximate surface area is 120 Å². The van der Waals surface area contributed by atoms with E-state index in [0.29, 0.717) is 19.7 Å². The number of carbonyl (C=O) groups excluding carboxylic acids is 1. The molecule has 2 heterocycles. The van der Waals surface area contributed by atoms with E-state index in [9.17, 15) is 4.79 Å². The maximum absolute atomic E-state index is 11.5. The number of carbonyl (C=O) groups is 1. The fraction of sp³-hybridized carbons (Fsp3) is 0.500. The second kappa shape index (κ2) is 6.33. The van der Waals surface area contributed by atoms with Crippen LogP contribution in [0.1, 0.15) is 5.56 Å². The van der Waals surface area contributed by atoms with Crippen molar-refractivity contribution in [2.45, 2.75) is 6.92 Å². The van der Waals surface area contributed by atoms with Gasteiger partial charge in [0, 0.05) is 13.1 Å². The summed E-state index contributed by atoms with van der Waals surface area (Å²) in [4.78, 5) is 17.6. The van der Waals surface area contributed by atoms with Crippen molar-refractivity contribution in [1.29, 1.82) is 0 Å². The van der Waals surface area contributed by atoms with Crippen LogP contribution in [-0.4, -0.2) is 48.6 Å². The number of piperazine rings is 1. The minimum absolute atomic E-state index is 0.141. The molecule has 1 aromatic rings. The first-order valence-electron chi connectivity index (χ1n) is 5.90. The number of hydrogen-bond acceptors (Lipinski definition) is 4. The van der Waals surface area contributed by atoms with Crippen molar-refractivity contribution in [3.8, 4) is 5.75 Å². The summed E-state index contributed by atoms with van der Waals surface area (Å²) in [6.07, 6.45) is 1.72. The summed E-state index contributed by atoms with van der Waals surface area (Å²) in [7, 11) is 0. The molecule has 0 spiro atoms. The molecule has 1 saturated heterocycles. The zero-order valence-corrected chi connectivity index (χ0v) is 12.4. The van der Waals surface area contributed by atoms with E-state index in [1.165, 1.54) is 0 Å². The van der Waals surface area contributed by atoms with Crippen LogP contribution in [0.5, 0.6) is 5.75 Å². The Morgan fingerprint density at radius 3 is 3.17 bits per heavy atom. The van der Waals surface area contributed by atoms with E-state index >= 15 is 0 Å². The molecule has 1 amide bonds. The summed E-state index contributed by atoms with van der Waals surface area (Å²) in [5, 5.41) is 3.04. The van der Waals surface area contributed by atoms with Crippen molar-refractivity contribution in [2.24, 2.45) is 0 Å². The maximum atomic E-state index is 11.5. The lowest BCUT2D eigenvalue weighted by Crippen LogP contribution is -2.49. The molecule has 2 rings (SSSR count). The van der Waals surface area contributed by atoms with Crippen molar-refractivity contribution >= 4 is 28.5 Å². The largest absolute Gasteiger partial charge is 0.490 e. The number of rotatable bonds is 4. The van der Waals surface area contributed by atoms with Crippen LogP contribution in [0.25, 0.3) is 0 Å². The number of pyridine rings is 1. The summed E-state index contributed by atoms with van der Waals surface area (Å²) in [5.41, 5.74) is 1.10. The van der Waals surface area contributed by atoms with E-state index in [0.717, 1.165) is 28.1 Å². The molecule has 0 atom stereocenters. The van der Waals surface area contributed by atoms with Crippen LogP contribution < -0.4 is 10.1 Å². The van der Waals surface area contributed by atoms with E-state index in [1.54, 1.807) is 6.20 Å². The molecule has 0 radical (unpaired) electrons. The molecule has 0 aromatic carbocycles. The zero-order valence-electron chi connectivity index (χ0n) is 10.3. The second-order valence-electron chi connectivity index (χ2n) is 4.18. The second-order valence-corrected chi connectivity index (χ2v) is 5.21. The van der Waals surface area contributed by atoms with Gasteiger partial charge in [0.1, 0.15) is 16.1 Å². The molecule has 1 fully saturated rings. The normalized spacial score (nSPS) is 15.9. The van der Waals surface area contributed by atoms with Crippen LogP contribution in [0, 0.1) is 10.6 Å². The Morgan fingerprint density at radius 2 is 2.44 bits per heavy atom. The first-order chi connectivity index (χ1) is 8.66. The third-order valence-electron chi connectivity index (χ3n) is 2.81. The predicted octanol–water partition coefficient (Wildman–Crippen LogP) is 0.805. The molecule has 1 N–H and O–H groups in total. The van der Waals surface area contributed by atoms with Crippen molar-refractivity contribution in [3.63, 3.8) is 0 Å². The third-order valence-corrected chi connectivity index (χ3v) is 3.94. The van der Waals surface area contributed by atoms with Gasteiger partial charge >= 0.3 is 0 Å². The summed E-state index contributed by atoms with van der Waals surface area (Å²) >= 11 is 2.19. The van der Waals surface area contributed by atoms with Crippen molar-refractivity contribution in [2.75, 3.05) is 32.8 Å². The van der Waals surface area contributed by atoms with Crippen LogP contribution in [0.3, 0.4) is 0 Å². The van der Waals surface area contributed by atoms with Gasteiger partial charge in [0.2, 0.25) is 5.91 Å². The van der Waals surface area contributed by atoms with Crippen molar-refractivity contribution in [3.05, 3.63) is 21.5 Å². The summed E-state index contributed by atoms with van der Waals surface area (Å²) < 4.78 is 6.60. The smallest absolute Gasteiger partial charge is 0.236 e. The predicted molar refractivity (Wildman–Crippen MR) is 76.6 cm³/mol. The highest BCUT2D eigenvalue weighted by Crippen LogP contribution is 2.15. The van der Waals surface area contributed by atoms with Gasteiger partial charge in [-0.2, -0.15) is 0 Å². The standard InChI is InChI=1S/C12H16IN3O2/c1-9-6-10(7-15-12(9)13)18-5-4-16-3-2-14-8-11(16)17/h6-7,14H,2-5,8H2,1H3. The first kappa shape index (κ1) is 13.5. The molecule has 0 unspecified atom stereocenters. The Balaban J connectivity index is 1.80. The van der Waals surface area contributed by atoms with Crippen LogP contribution >= 0.6 is 22.6 Å². The van der Waals surface area contributed by atoms with Gasteiger partial charge in [0.05, 0.1) is 19.3 Å². The molecule has 5 nitrogen and oxygen atoms in total. The molecule has 98 valence electrons. The topological polar surface area (TPSA) is 54.5 Å². The molecule has 0 aliphatic carbocycles. The van der Waals surface area contributed by atoms with Gasteiger partial charge in [-0.1, -0.05) is 0 Å². The van der Waals surface area contributed by atoms with Gasteiger partial charge in [-0.25, -0.2) is 4.98 Å². The third kappa shape index (κ3) is 3.55. The minimum Gasteiger partial charge on any atom is -0.490 e.